The number of nitrogens with zero attached hydrogens (tertiary/aromatic N) is 3. The van der Waals surface area contributed by atoms with Crippen LogP contribution in [0, 0.1) is 0 Å². The molecule has 8 heteroatoms. The molecule has 2 aliphatic heterocycles. The van der Waals surface area contributed by atoms with Gasteiger partial charge in [0.1, 0.15) is 5.82 Å². The molecule has 33 heavy (non-hydrogen) atoms. The van der Waals surface area contributed by atoms with Crippen LogP contribution >= 0.6 is 11.8 Å². The number of rotatable bonds is 7. The number of carbonyl (C=O) groups excluding carboxylic acids is 1. The molecule has 1 saturated heterocycles. The number of ether oxygens (including phenoxy) is 1. The van der Waals surface area contributed by atoms with Crippen molar-refractivity contribution in [1.82, 2.24) is 20.0 Å². The number of thioether (sulfide) groups is 1. The largest absolute Gasteiger partial charge is 0.383 e. The van der Waals surface area contributed by atoms with E-state index in [4.69, 9.17) is 9.84 Å². The summed E-state index contributed by atoms with van der Waals surface area (Å²) in [6, 6.07) is 20.2. The molecule has 2 N–H and O–H groups in total. The van der Waals surface area contributed by atoms with Crippen LogP contribution in [0.25, 0.3) is 5.69 Å². The van der Waals surface area contributed by atoms with Crippen LogP contribution in [0.5, 0.6) is 0 Å². The lowest BCUT2D eigenvalue weighted by molar-refractivity contribution is 0.159. The second-order valence-corrected chi connectivity index (χ2v) is 9.47. The van der Waals surface area contributed by atoms with Gasteiger partial charge in [-0.15, -0.1) is 0 Å². The van der Waals surface area contributed by atoms with Gasteiger partial charge < -0.3 is 10.1 Å². The molecule has 7 nitrogen and oxygen atoms in total. The third-order valence-corrected chi connectivity index (χ3v) is 7.31. The summed E-state index contributed by atoms with van der Waals surface area (Å²) in [4.78, 5) is 15.6. The molecule has 2 atom stereocenters. The molecule has 5 rings (SSSR count). The topological polar surface area (TPSA) is 71.4 Å². The minimum Gasteiger partial charge on any atom is -0.383 e. The molecule has 0 bridgehead atoms. The Labute approximate surface area is 198 Å². The van der Waals surface area contributed by atoms with Gasteiger partial charge in [0.05, 0.1) is 24.0 Å². The molecule has 1 aromatic heterocycles. The van der Waals surface area contributed by atoms with Crippen molar-refractivity contribution < 1.29 is 9.53 Å². The summed E-state index contributed by atoms with van der Waals surface area (Å²) >= 11 is 1.83. The smallest absolute Gasteiger partial charge is 0.320 e. The molecule has 2 unspecified atom stereocenters. The van der Waals surface area contributed by atoms with Gasteiger partial charge in [-0.1, -0.05) is 48.5 Å². The molecule has 2 aromatic carbocycles. The fraction of sp³-hybridized carbons (Fsp3) is 0.360. The van der Waals surface area contributed by atoms with E-state index < -0.39 is 0 Å². The van der Waals surface area contributed by atoms with Gasteiger partial charge in [0.2, 0.25) is 0 Å². The lowest BCUT2D eigenvalue weighted by Gasteiger charge is -2.21. The van der Waals surface area contributed by atoms with Crippen molar-refractivity contribution in [1.29, 1.82) is 0 Å². The predicted octanol–water partition coefficient (Wildman–Crippen LogP) is 3.86. The van der Waals surface area contributed by atoms with Crippen LogP contribution in [-0.4, -0.2) is 60.1 Å². The van der Waals surface area contributed by atoms with Gasteiger partial charge in [-0.2, -0.15) is 16.9 Å². The number of amides is 2. The van der Waals surface area contributed by atoms with Crippen molar-refractivity contribution >= 4 is 23.6 Å². The average Bonchev–Trinajstić information content (AvgIpc) is 3.55. The fourth-order valence-electron chi connectivity index (χ4n) is 4.68. The third-order valence-electron chi connectivity index (χ3n) is 6.34. The van der Waals surface area contributed by atoms with E-state index in [0.29, 0.717) is 6.61 Å². The highest BCUT2D eigenvalue weighted by Gasteiger charge is 2.35. The number of methoxy groups -OCH3 is 1. The molecule has 0 aliphatic carbocycles. The highest BCUT2D eigenvalue weighted by atomic mass is 32.2. The molecule has 3 heterocycles. The molecule has 172 valence electrons. The molecule has 2 aliphatic rings. The Balaban J connectivity index is 1.35. The number of anilines is 1. The molecular weight excluding hydrogens is 434 g/mol. The first kappa shape index (κ1) is 22.0. The summed E-state index contributed by atoms with van der Waals surface area (Å²) in [5, 5.41) is 11.2. The fourth-order valence-corrected chi connectivity index (χ4v) is 5.72. The zero-order valence-corrected chi connectivity index (χ0v) is 19.6. The van der Waals surface area contributed by atoms with Crippen LogP contribution in [0.1, 0.15) is 22.7 Å². The van der Waals surface area contributed by atoms with E-state index in [0.717, 1.165) is 53.9 Å². The van der Waals surface area contributed by atoms with Gasteiger partial charge in [0.15, 0.2) is 0 Å². The quantitative estimate of drug-likeness (QED) is 0.557. The van der Waals surface area contributed by atoms with Crippen LogP contribution in [0.15, 0.2) is 60.7 Å². The molecule has 0 radical (unpaired) electrons. The maximum atomic E-state index is 13.2. The number of fused-ring (bicyclic) bond motifs is 1. The Morgan fingerprint density at radius 3 is 2.61 bits per heavy atom. The van der Waals surface area contributed by atoms with E-state index in [-0.39, 0.29) is 18.0 Å². The van der Waals surface area contributed by atoms with Crippen molar-refractivity contribution in [2.75, 3.05) is 38.7 Å². The van der Waals surface area contributed by atoms with E-state index in [9.17, 15) is 4.79 Å². The Hall–Kier alpha value is -2.81. The van der Waals surface area contributed by atoms with Gasteiger partial charge in [-0.3, -0.25) is 10.2 Å². The third kappa shape index (κ3) is 4.78. The number of carbonyl (C=O) groups is 1. The van der Waals surface area contributed by atoms with Gasteiger partial charge in [-0.25, -0.2) is 9.48 Å². The minimum atomic E-state index is -0.189. The van der Waals surface area contributed by atoms with Crippen molar-refractivity contribution in [3.05, 3.63) is 77.5 Å². The number of hydrogen-bond acceptors (Lipinski definition) is 5. The second kappa shape index (κ2) is 9.99. The van der Waals surface area contributed by atoms with Crippen molar-refractivity contribution in [2.24, 2.45) is 0 Å². The summed E-state index contributed by atoms with van der Waals surface area (Å²) in [5.74, 6) is 2.73. The van der Waals surface area contributed by atoms with E-state index >= 15 is 0 Å². The molecule has 2 amide bonds. The number of para-hydroxylation sites is 1. The Bertz CT molecular complexity index is 1090. The molecule has 1 fully saturated rings. The summed E-state index contributed by atoms with van der Waals surface area (Å²) in [6.45, 7) is 3.22. The van der Waals surface area contributed by atoms with E-state index in [1.54, 1.807) is 7.11 Å². The summed E-state index contributed by atoms with van der Waals surface area (Å²) in [5.41, 5.74) is 4.36. The predicted molar refractivity (Wildman–Crippen MR) is 132 cm³/mol. The lowest BCUT2D eigenvalue weighted by Crippen LogP contribution is -2.42. The summed E-state index contributed by atoms with van der Waals surface area (Å²) in [7, 11) is 1.72. The SMILES string of the molecule is COCCN1CC(NC(=O)Nc2c3c(nn2-c2ccccc2)CSC3)C(c2ccccc2)C1. The van der Waals surface area contributed by atoms with E-state index in [1.807, 2.05) is 52.8 Å². The normalized spacial score (nSPS) is 20.0. The zero-order valence-electron chi connectivity index (χ0n) is 18.7. The molecule has 0 saturated carbocycles. The molecule has 3 aromatic rings. The van der Waals surface area contributed by atoms with Crippen molar-refractivity contribution in [3.63, 3.8) is 0 Å². The van der Waals surface area contributed by atoms with E-state index in [2.05, 4.69) is 39.8 Å². The standard InChI is InChI=1S/C25H29N5O2S/c1-32-13-12-29-14-20(18-8-4-2-5-9-18)22(15-29)26-25(31)27-24-21-16-33-17-23(21)28-30(24)19-10-6-3-7-11-19/h2-11,20,22H,12-17H2,1H3,(H2,26,27,31). The average molecular weight is 464 g/mol. The molecular formula is C25H29N5O2S. The van der Waals surface area contributed by atoms with E-state index in [1.165, 1.54) is 5.56 Å². The first-order valence-electron chi connectivity index (χ1n) is 11.3. The number of nitrogens with one attached hydrogen (secondary N) is 2. The maximum Gasteiger partial charge on any atom is 0.320 e. The minimum absolute atomic E-state index is 0.0137. The molecule has 0 spiro atoms. The van der Waals surface area contributed by atoms with Crippen LogP contribution < -0.4 is 10.6 Å². The number of aromatic nitrogens is 2. The summed E-state index contributed by atoms with van der Waals surface area (Å²) in [6.07, 6.45) is 0. The van der Waals surface area contributed by atoms with Crippen LogP contribution in [-0.2, 0) is 16.2 Å². The first-order chi connectivity index (χ1) is 16.2. The maximum absolute atomic E-state index is 13.2. The van der Waals surface area contributed by atoms with Gasteiger partial charge >= 0.3 is 6.03 Å². The summed E-state index contributed by atoms with van der Waals surface area (Å²) < 4.78 is 7.14. The van der Waals surface area contributed by atoms with Crippen LogP contribution in [0.3, 0.4) is 0 Å². The highest BCUT2D eigenvalue weighted by molar-refractivity contribution is 7.98. The number of hydrogen-bond donors (Lipinski definition) is 2. The zero-order chi connectivity index (χ0) is 22.6. The number of urea groups is 1. The number of benzene rings is 2. The van der Waals surface area contributed by atoms with Gasteiger partial charge in [0.25, 0.3) is 0 Å². The van der Waals surface area contributed by atoms with Gasteiger partial charge in [-0.05, 0) is 17.7 Å². The van der Waals surface area contributed by atoms with Gasteiger partial charge in [0, 0.05) is 49.7 Å². The first-order valence-corrected chi connectivity index (χ1v) is 12.5. The Kier molecular flexibility index (Phi) is 6.66. The highest BCUT2D eigenvalue weighted by Crippen LogP contribution is 2.36. The van der Waals surface area contributed by atoms with Crippen LogP contribution in [0.2, 0.25) is 0 Å². The second-order valence-electron chi connectivity index (χ2n) is 8.49. The monoisotopic (exact) mass is 463 g/mol. The van der Waals surface area contributed by atoms with Crippen LogP contribution in [0.4, 0.5) is 10.6 Å². The Morgan fingerprint density at radius 1 is 1.09 bits per heavy atom. The van der Waals surface area contributed by atoms with Crippen molar-refractivity contribution in [3.8, 4) is 5.69 Å². The number of likely N-dealkylation sites (tertiary alicyclic amines) is 1. The lowest BCUT2D eigenvalue weighted by atomic mass is 9.94. The van der Waals surface area contributed by atoms with Crippen molar-refractivity contribution in [2.45, 2.75) is 23.5 Å². The Morgan fingerprint density at radius 2 is 1.85 bits per heavy atom.